The van der Waals surface area contributed by atoms with Crippen LogP contribution in [0.25, 0.3) is 5.57 Å². The largest absolute Gasteiger partial charge is 0.394 e. The van der Waals surface area contributed by atoms with Crippen LogP contribution < -0.4 is 5.32 Å². The number of amides is 1. The summed E-state index contributed by atoms with van der Waals surface area (Å²) in [5.41, 5.74) is 2.53. The van der Waals surface area contributed by atoms with Gasteiger partial charge in [0.1, 0.15) is 24.4 Å². The highest BCUT2D eigenvalue weighted by atomic mass is 35.5. The first-order chi connectivity index (χ1) is 13.6. The number of allylic oxidation sites excluding steroid dienone is 3. The lowest BCUT2D eigenvalue weighted by Gasteiger charge is -2.22. The summed E-state index contributed by atoms with van der Waals surface area (Å²) in [4.78, 5) is 18.5. The fraction of sp³-hybridized carbons (Fsp3) is 0.571. The molecule has 0 bridgehead atoms. The maximum atomic E-state index is 11.1. The number of hydrogen-bond acceptors (Lipinski definition) is 6. The highest BCUT2D eigenvalue weighted by molar-refractivity contribution is 6.24. The summed E-state index contributed by atoms with van der Waals surface area (Å²) in [7, 11) is 0. The SMILES string of the molecule is C=C/C(=C/C)c1c(C)ncnc1NC(C)=O.CC.C[C@@H]1OC(CO)C(O)C1(C)Cl. The molecule has 7 nitrogen and oxygen atoms in total. The van der Waals surface area contributed by atoms with E-state index in [1.54, 1.807) is 19.9 Å². The first-order valence-corrected chi connectivity index (χ1v) is 9.99. The Kier molecular flexibility index (Phi) is 11.9. The molecule has 2 heterocycles. The van der Waals surface area contributed by atoms with E-state index in [0.717, 1.165) is 16.8 Å². The van der Waals surface area contributed by atoms with Crippen molar-refractivity contribution in [3.63, 3.8) is 0 Å². The minimum absolute atomic E-state index is 0.154. The highest BCUT2D eigenvalue weighted by Gasteiger charge is 2.49. The van der Waals surface area contributed by atoms with E-state index in [9.17, 15) is 9.90 Å². The standard InChI is InChI=1S/C12H15N3O.C7H13ClO3.C2H6/c1-5-10(6-2)11-8(3)13-7-14-12(11)15-9(4)16;1-4-7(2,8)6(10)5(3-9)11-4;1-2/h5-7H,1H2,2-4H3,(H,13,14,15,16);4-6,9-10H,3H2,1-2H3;1-2H3/b10-6-;;/t;4-,5?,6?,7?;/m.0./s1. The first kappa shape index (κ1) is 27.2. The van der Waals surface area contributed by atoms with Gasteiger partial charge in [0.05, 0.1) is 23.3 Å². The molecule has 0 spiro atoms. The zero-order chi connectivity index (χ0) is 22.8. The van der Waals surface area contributed by atoms with Gasteiger partial charge in [0, 0.05) is 12.5 Å². The molecule has 0 aromatic carbocycles. The van der Waals surface area contributed by atoms with Crippen molar-refractivity contribution in [3.8, 4) is 0 Å². The molecule has 1 aromatic rings. The quantitative estimate of drug-likeness (QED) is 0.502. The van der Waals surface area contributed by atoms with Crippen LogP contribution in [-0.4, -0.2) is 55.9 Å². The Balaban J connectivity index is 0.000000526. The van der Waals surface area contributed by atoms with Crippen LogP contribution in [0.3, 0.4) is 0 Å². The van der Waals surface area contributed by atoms with Crippen LogP contribution in [0.1, 0.15) is 52.8 Å². The van der Waals surface area contributed by atoms with Gasteiger partial charge in [-0.15, -0.1) is 11.6 Å². The molecule has 3 N–H and O–H groups in total. The lowest BCUT2D eigenvalue weighted by molar-refractivity contribution is -0.114. The number of carbonyl (C=O) groups is 1. The number of aryl methyl sites for hydroxylation is 1. The number of carbonyl (C=O) groups excluding carboxylic acids is 1. The number of rotatable bonds is 4. The van der Waals surface area contributed by atoms with Gasteiger partial charge in [0.15, 0.2) is 0 Å². The second-order valence-corrected chi connectivity index (χ2v) is 7.22. The van der Waals surface area contributed by atoms with Gasteiger partial charge in [-0.25, -0.2) is 9.97 Å². The molecule has 29 heavy (non-hydrogen) atoms. The third-order valence-corrected chi connectivity index (χ3v) is 4.97. The predicted molar refractivity (Wildman–Crippen MR) is 118 cm³/mol. The molecular weight excluding hydrogens is 394 g/mol. The van der Waals surface area contributed by atoms with Crippen molar-refractivity contribution in [3.05, 3.63) is 36.3 Å². The lowest BCUT2D eigenvalue weighted by atomic mass is 9.99. The van der Waals surface area contributed by atoms with E-state index in [4.69, 9.17) is 21.4 Å². The summed E-state index contributed by atoms with van der Waals surface area (Å²) >= 11 is 5.96. The van der Waals surface area contributed by atoms with E-state index in [1.807, 2.05) is 33.8 Å². The van der Waals surface area contributed by atoms with E-state index < -0.39 is 17.1 Å². The number of aliphatic hydroxyl groups excluding tert-OH is 2. The lowest BCUT2D eigenvalue weighted by Crippen LogP contribution is -2.39. The normalized spacial score (nSPS) is 25.9. The summed E-state index contributed by atoms with van der Waals surface area (Å²) in [5.74, 6) is 0.367. The number of alkyl halides is 1. The van der Waals surface area contributed by atoms with Crippen molar-refractivity contribution in [2.75, 3.05) is 11.9 Å². The number of nitrogens with one attached hydrogen (secondary N) is 1. The molecule has 1 aliphatic heterocycles. The van der Waals surface area contributed by atoms with Crippen LogP contribution in [0.5, 0.6) is 0 Å². The molecule has 1 saturated heterocycles. The number of nitrogens with zero attached hydrogens (tertiary/aromatic N) is 2. The first-order valence-electron chi connectivity index (χ1n) is 9.61. The van der Waals surface area contributed by atoms with E-state index in [-0.39, 0.29) is 18.6 Å². The van der Waals surface area contributed by atoms with Gasteiger partial charge in [0.2, 0.25) is 5.91 Å². The fourth-order valence-electron chi connectivity index (χ4n) is 2.66. The van der Waals surface area contributed by atoms with Crippen LogP contribution >= 0.6 is 11.6 Å². The molecule has 1 aliphatic rings. The van der Waals surface area contributed by atoms with Crippen LogP contribution in [0, 0.1) is 6.92 Å². The van der Waals surface area contributed by atoms with Gasteiger partial charge in [-0.05, 0) is 33.3 Å². The van der Waals surface area contributed by atoms with Crippen molar-refractivity contribution in [1.82, 2.24) is 9.97 Å². The molecule has 0 aliphatic carbocycles. The van der Waals surface area contributed by atoms with E-state index in [0.29, 0.717) is 5.82 Å². The molecule has 1 fully saturated rings. The molecule has 164 valence electrons. The molecular formula is C21H34ClN3O4. The smallest absolute Gasteiger partial charge is 0.222 e. The summed E-state index contributed by atoms with van der Waals surface area (Å²) in [6, 6.07) is 0. The minimum Gasteiger partial charge on any atom is -0.394 e. The Morgan fingerprint density at radius 3 is 2.38 bits per heavy atom. The average Bonchev–Trinajstić information content (AvgIpc) is 2.88. The van der Waals surface area contributed by atoms with Gasteiger partial charge in [-0.3, -0.25) is 4.79 Å². The zero-order valence-corrected chi connectivity index (χ0v) is 19.1. The van der Waals surface area contributed by atoms with Gasteiger partial charge in [-0.2, -0.15) is 0 Å². The number of hydrogen-bond donors (Lipinski definition) is 3. The Morgan fingerprint density at radius 2 is 2.03 bits per heavy atom. The Labute approximate surface area is 178 Å². The molecule has 1 amide bonds. The zero-order valence-electron chi connectivity index (χ0n) is 18.4. The molecule has 2 rings (SSSR count). The van der Waals surface area contributed by atoms with E-state index in [2.05, 4.69) is 21.9 Å². The Morgan fingerprint density at radius 1 is 1.45 bits per heavy atom. The third-order valence-electron chi connectivity index (χ3n) is 4.44. The molecule has 0 radical (unpaired) electrons. The minimum atomic E-state index is -0.788. The Bertz CT molecular complexity index is 707. The maximum absolute atomic E-state index is 11.1. The molecule has 4 atom stereocenters. The van der Waals surface area contributed by atoms with Crippen LogP contribution in [0.4, 0.5) is 5.82 Å². The molecule has 1 aromatic heterocycles. The Hall–Kier alpha value is -1.80. The van der Waals surface area contributed by atoms with Crippen molar-refractivity contribution in [1.29, 1.82) is 0 Å². The summed E-state index contributed by atoms with van der Waals surface area (Å²) < 4.78 is 5.21. The fourth-order valence-corrected chi connectivity index (χ4v) is 2.85. The summed E-state index contributed by atoms with van der Waals surface area (Å²) in [6.07, 6.45) is 3.51. The highest BCUT2D eigenvalue weighted by Crippen LogP contribution is 2.36. The maximum Gasteiger partial charge on any atom is 0.222 e. The van der Waals surface area contributed by atoms with Crippen molar-refractivity contribution >= 4 is 28.9 Å². The second kappa shape index (κ2) is 12.7. The number of aromatic nitrogens is 2. The third kappa shape index (κ3) is 7.19. The second-order valence-electron chi connectivity index (χ2n) is 6.41. The van der Waals surface area contributed by atoms with Gasteiger partial charge in [0.25, 0.3) is 0 Å². The van der Waals surface area contributed by atoms with Gasteiger partial charge in [-0.1, -0.05) is 32.6 Å². The topological polar surface area (TPSA) is 105 Å². The van der Waals surface area contributed by atoms with E-state index >= 15 is 0 Å². The van der Waals surface area contributed by atoms with Crippen LogP contribution in [-0.2, 0) is 9.53 Å². The van der Waals surface area contributed by atoms with Crippen molar-refractivity contribution in [2.24, 2.45) is 0 Å². The number of ether oxygens (including phenoxy) is 1. The number of halogens is 1. The molecule has 3 unspecified atom stereocenters. The van der Waals surface area contributed by atoms with Crippen LogP contribution in [0.15, 0.2) is 25.1 Å². The van der Waals surface area contributed by atoms with Crippen molar-refractivity contribution < 1.29 is 19.7 Å². The summed E-state index contributed by atoms with van der Waals surface area (Å²) in [5, 5.41) is 20.9. The van der Waals surface area contributed by atoms with Crippen molar-refractivity contribution in [2.45, 2.75) is 71.7 Å². The van der Waals surface area contributed by atoms with Crippen LogP contribution in [0.2, 0.25) is 0 Å². The predicted octanol–water partition coefficient (Wildman–Crippen LogP) is 3.48. The van der Waals surface area contributed by atoms with Gasteiger partial charge < -0.3 is 20.3 Å². The number of aliphatic hydroxyl groups is 2. The van der Waals surface area contributed by atoms with E-state index in [1.165, 1.54) is 13.3 Å². The average molecular weight is 428 g/mol. The molecule has 0 saturated carbocycles. The summed E-state index contributed by atoms with van der Waals surface area (Å²) in [6.45, 7) is 16.3. The number of anilines is 1. The van der Waals surface area contributed by atoms with Gasteiger partial charge >= 0.3 is 0 Å². The monoisotopic (exact) mass is 427 g/mol. The molecule has 8 heteroatoms.